The molecule has 0 fully saturated rings. The Labute approximate surface area is 386 Å². The third-order valence-electron chi connectivity index (χ3n) is 6.63. The Kier molecular flexibility index (Phi) is 21.4. The van der Waals surface area contributed by atoms with Crippen LogP contribution in [0.5, 0.6) is 0 Å². The molecule has 0 atom stereocenters. The summed E-state index contributed by atoms with van der Waals surface area (Å²) in [5.41, 5.74) is 4.05. The fraction of sp³-hybridized carbons (Fsp3) is 0. The zero-order chi connectivity index (χ0) is 37.8. The minimum absolute atomic E-state index is 0. The number of halogens is 6. The quantitative estimate of drug-likeness (QED) is 0.177. The maximum atomic E-state index is 4.52. The second-order valence-electron chi connectivity index (χ2n) is 10.0. The van der Waals surface area contributed by atoms with Gasteiger partial charge in [-0.1, -0.05) is 36.4 Å². The fourth-order valence-corrected chi connectivity index (χ4v) is 4.41. The van der Waals surface area contributed by atoms with Gasteiger partial charge in [0.2, 0.25) is 0 Å². The molecule has 0 aliphatic heterocycles. The summed E-state index contributed by atoms with van der Waals surface area (Å²) in [5.74, 6) is 2.96. The van der Waals surface area contributed by atoms with Crippen LogP contribution in [0.3, 0.4) is 0 Å². The van der Waals surface area contributed by atoms with Gasteiger partial charge in [0, 0.05) is 37.2 Å². The van der Waals surface area contributed by atoms with E-state index in [1.807, 2.05) is 109 Å². The summed E-state index contributed by atoms with van der Waals surface area (Å²) in [6, 6.07) is 33.6. The zero-order valence-corrected chi connectivity index (χ0v) is 41.7. The van der Waals surface area contributed by atoms with Gasteiger partial charge < -0.3 is 0 Å². The van der Waals surface area contributed by atoms with E-state index < -0.39 is 0 Å². The molecule has 8 aromatic heterocycles. The van der Waals surface area contributed by atoms with E-state index in [1.54, 1.807) is 37.2 Å². The summed E-state index contributed by atoms with van der Waals surface area (Å²) < 4.78 is 0. The van der Waals surface area contributed by atoms with E-state index in [2.05, 4.69) is 134 Å². The van der Waals surface area contributed by atoms with Gasteiger partial charge in [0.05, 0.1) is 0 Å². The van der Waals surface area contributed by atoms with E-state index in [1.165, 1.54) is 0 Å². The Morgan fingerprint density at radius 3 is 0.527 bits per heavy atom. The molecule has 8 heterocycles. The molecule has 0 saturated carbocycles. The maximum absolute atomic E-state index is 4.52. The van der Waals surface area contributed by atoms with E-state index in [0.717, 1.165) is 0 Å². The van der Waals surface area contributed by atoms with Crippen molar-refractivity contribution in [3.8, 4) is 69.1 Å². The molecule has 19 heteroatoms. The van der Waals surface area contributed by atoms with E-state index >= 15 is 0 Å². The average molecular weight is 1440 g/mol. The number of nitrogens with zero attached hydrogens (tertiary/aromatic N) is 12. The predicted octanol–water partition coefficient (Wildman–Crippen LogP) is 3.66. The van der Waals surface area contributed by atoms with Crippen molar-refractivity contribution in [3.05, 3.63) is 146 Å². The molecule has 12 nitrogen and oxygen atoms in total. The summed E-state index contributed by atoms with van der Waals surface area (Å²) in [6.07, 6.45) is 10.3. The fourth-order valence-electron chi connectivity index (χ4n) is 4.41. The Morgan fingerprint density at radius 2 is 0.418 bits per heavy atom. The van der Waals surface area contributed by atoms with Crippen LogP contribution in [0.2, 0.25) is 0 Å². The van der Waals surface area contributed by atoms with Gasteiger partial charge in [-0.05, 0) is 72.8 Å². The number of aromatic nitrogens is 12. The van der Waals surface area contributed by atoms with Crippen molar-refractivity contribution in [1.82, 2.24) is 59.8 Å². The summed E-state index contributed by atoms with van der Waals surface area (Å²) in [4.78, 5) is 53.1. The first-order chi connectivity index (χ1) is 26.6. The van der Waals surface area contributed by atoms with Gasteiger partial charge >= 0.3 is 117 Å². The van der Waals surface area contributed by atoms with Gasteiger partial charge in [-0.25, -0.2) is 29.9 Å². The molecule has 0 amide bonds. The molecule has 0 saturated heterocycles. The van der Waals surface area contributed by atoms with E-state index in [-0.39, 0.29) is 16.5 Å². The zero-order valence-electron chi connectivity index (χ0n) is 27.8. The largest absolute Gasteiger partial charge is 2.00 e. The van der Waals surface area contributed by atoms with E-state index in [9.17, 15) is 0 Å². The van der Waals surface area contributed by atoms with Gasteiger partial charge in [0.25, 0.3) is 0 Å². The molecule has 55 heavy (non-hydrogen) atoms. The Morgan fingerprint density at radius 1 is 0.273 bits per heavy atom. The van der Waals surface area contributed by atoms with Crippen LogP contribution < -0.4 is 26.5 Å². The summed E-state index contributed by atoms with van der Waals surface area (Å²) in [6.45, 7) is 0. The summed E-state index contributed by atoms with van der Waals surface area (Å²) >= 11 is 10.6. The van der Waals surface area contributed by atoms with Gasteiger partial charge in [0.1, 0.15) is 34.2 Å². The molecule has 8 rings (SSSR count). The van der Waals surface area contributed by atoms with Gasteiger partial charge in [-0.3, -0.25) is 29.9 Å². The predicted molar refractivity (Wildman–Crippen MR) is 235 cm³/mol. The van der Waals surface area contributed by atoms with Crippen LogP contribution in [0, 0.1) is 0 Å². The normalized spacial score (nSPS) is 9.96. The molecule has 0 aliphatic carbocycles. The third kappa shape index (κ3) is 14.6. The van der Waals surface area contributed by atoms with Crippen molar-refractivity contribution < 1.29 is 43.0 Å². The van der Waals surface area contributed by atoms with Crippen LogP contribution in [0.1, 0.15) is 0 Å². The van der Waals surface area contributed by atoms with Crippen molar-refractivity contribution in [2.75, 3.05) is 0 Å². The Bertz CT molecular complexity index is 1840. The summed E-state index contributed by atoms with van der Waals surface area (Å²) in [7, 11) is 0. The van der Waals surface area contributed by atoms with Crippen LogP contribution in [0.15, 0.2) is 146 Å². The molecule has 0 radical (unpaired) electrons. The molecule has 8 aromatic rings. The number of hydrogen-bond donors (Lipinski definition) is 0. The van der Waals surface area contributed by atoms with E-state index in [4.69, 9.17) is 0 Å². The van der Waals surface area contributed by atoms with E-state index in [0.29, 0.717) is 95.6 Å². The second kappa shape index (κ2) is 25.9. The molecule has 0 bridgehead atoms. The second-order valence-corrected chi connectivity index (χ2v) is 42.5. The SMILES string of the molecule is I[I-]I.I[I-]I.[Ni+2].c1ccc(-c2nc(-c3ccccn3)nc(-c3ccccn3)n2)nc1.c1ccc(-c2nc(-c3ccccn3)nc(-c3ccccn3)n2)nc1. The molecule has 0 aliphatic rings. The first kappa shape index (κ1) is 45.5. The molecule has 0 aromatic carbocycles. The molecule has 0 spiro atoms. The van der Waals surface area contributed by atoms with Crippen LogP contribution in [0.25, 0.3) is 69.1 Å². The van der Waals surface area contributed by atoms with Crippen LogP contribution >= 0.6 is 74.5 Å². The van der Waals surface area contributed by atoms with Crippen LogP contribution in [0.4, 0.5) is 0 Å². The minimum Gasteiger partial charge on any atom is -0.253 e. The summed E-state index contributed by atoms with van der Waals surface area (Å²) in [5, 5.41) is 0. The van der Waals surface area contributed by atoms with Crippen molar-refractivity contribution >= 4 is 74.5 Å². The standard InChI is InChI=1S/2C18H12N6.2I3.Ni/c2*1-4-10-19-13(7-1)16-22-17(14-8-2-5-11-20-14)24-18(23-16)15-9-3-6-12-21-15;2*1-3-2;/h2*1-12H;;;/q;;2*-1;+2. The van der Waals surface area contributed by atoms with Crippen molar-refractivity contribution in [2.45, 2.75) is 0 Å². The average Bonchev–Trinajstić information content (AvgIpc) is 3.26. The molecule has 0 N–H and O–H groups in total. The van der Waals surface area contributed by atoms with Gasteiger partial charge in [0.15, 0.2) is 34.9 Å². The number of rotatable bonds is 6. The molecule has 0 unspecified atom stereocenters. The molecule has 280 valence electrons. The monoisotopic (exact) mass is 1440 g/mol. The van der Waals surface area contributed by atoms with Crippen LogP contribution in [-0.4, -0.2) is 59.8 Å². The van der Waals surface area contributed by atoms with Crippen molar-refractivity contribution in [3.63, 3.8) is 0 Å². The van der Waals surface area contributed by atoms with Crippen molar-refractivity contribution in [2.24, 2.45) is 0 Å². The third-order valence-corrected chi connectivity index (χ3v) is 6.63. The Balaban J connectivity index is 0.000000211. The van der Waals surface area contributed by atoms with Crippen molar-refractivity contribution in [1.29, 1.82) is 0 Å². The molecular weight excluding hydrogens is 1420 g/mol. The molecular formula is C36H24I6N12Ni. The number of hydrogen-bond acceptors (Lipinski definition) is 12. The smallest absolute Gasteiger partial charge is 0.253 e. The topological polar surface area (TPSA) is 155 Å². The minimum atomic E-state index is 0. The number of pyridine rings is 6. The van der Waals surface area contributed by atoms with Crippen LogP contribution in [-0.2, 0) is 16.5 Å². The van der Waals surface area contributed by atoms with Gasteiger partial charge in [-0.2, -0.15) is 0 Å². The first-order valence-corrected chi connectivity index (χ1v) is 40.5. The Hall–Kier alpha value is -2.21. The maximum Gasteiger partial charge on any atom is 2.00 e. The first-order valence-electron chi connectivity index (χ1n) is 15.4. The van der Waals surface area contributed by atoms with Gasteiger partial charge in [-0.15, -0.1) is 0 Å².